The summed E-state index contributed by atoms with van der Waals surface area (Å²) in [5, 5.41) is 3.94. The van der Waals surface area contributed by atoms with Crippen molar-refractivity contribution < 1.29 is 9.59 Å². The number of anilines is 2. The van der Waals surface area contributed by atoms with Crippen LogP contribution in [0.15, 0.2) is 35.0 Å². The Kier molecular flexibility index (Phi) is 15.8. The lowest BCUT2D eigenvalue weighted by Crippen LogP contribution is -2.34. The summed E-state index contributed by atoms with van der Waals surface area (Å²) < 4.78 is 0. The van der Waals surface area contributed by atoms with Gasteiger partial charge in [-0.05, 0) is 41.7 Å². The van der Waals surface area contributed by atoms with Crippen LogP contribution in [0.2, 0.25) is 0 Å². The van der Waals surface area contributed by atoms with Gasteiger partial charge in [0.1, 0.15) is 0 Å². The molecule has 5 nitrogen and oxygen atoms in total. The fraction of sp³-hybridized carbons (Fsp3) is 0.600. The van der Waals surface area contributed by atoms with E-state index in [1.165, 1.54) is 130 Å². The standard InChI is InChI=1S/C40H59N3O2S2/c1-3-5-7-9-11-13-14-16-18-20-24-30(23-19-17-15-12-10-8-6-4-2)29-43-39(44)35-33(31-25-21-27-46-31)37(41)38(42)34(36(35)40(43)45)32-26-22-28-47-32/h21-22,25-28,30H,3-20,23-24,29,41-42H2,1-2H3. The highest BCUT2D eigenvalue weighted by Crippen LogP contribution is 2.49. The molecule has 1 unspecified atom stereocenters. The summed E-state index contributed by atoms with van der Waals surface area (Å²) in [7, 11) is 0. The van der Waals surface area contributed by atoms with Gasteiger partial charge in [0, 0.05) is 27.4 Å². The first-order valence-corrected chi connectivity index (χ1v) is 20.4. The van der Waals surface area contributed by atoms with Crippen molar-refractivity contribution in [3.05, 3.63) is 46.2 Å². The lowest BCUT2D eigenvalue weighted by atomic mass is 9.92. The predicted octanol–water partition coefficient (Wildman–Crippen LogP) is 12.4. The molecule has 2 amide bonds. The highest BCUT2D eigenvalue weighted by Gasteiger charge is 2.43. The van der Waals surface area contributed by atoms with Gasteiger partial charge in [0.05, 0.1) is 22.5 Å². The quantitative estimate of drug-likeness (QED) is 0.0561. The second kappa shape index (κ2) is 20.0. The minimum atomic E-state index is -0.220. The average Bonchev–Trinajstić information content (AvgIpc) is 3.84. The molecule has 2 aromatic heterocycles. The zero-order chi connectivity index (χ0) is 33.4. The topological polar surface area (TPSA) is 89.4 Å². The number of imide groups is 1. The monoisotopic (exact) mass is 677 g/mol. The van der Waals surface area contributed by atoms with Crippen LogP contribution < -0.4 is 11.5 Å². The largest absolute Gasteiger partial charge is 0.396 e. The number of fused-ring (bicyclic) bond motifs is 1. The van der Waals surface area contributed by atoms with E-state index in [0.717, 1.165) is 35.4 Å². The number of rotatable bonds is 24. The number of thiophene rings is 2. The Hall–Kier alpha value is -2.64. The summed E-state index contributed by atoms with van der Waals surface area (Å²) in [5.41, 5.74) is 16.2. The van der Waals surface area contributed by atoms with Crippen molar-refractivity contribution in [1.29, 1.82) is 0 Å². The van der Waals surface area contributed by atoms with Crippen molar-refractivity contribution in [2.24, 2.45) is 5.92 Å². The van der Waals surface area contributed by atoms with Crippen molar-refractivity contribution >= 4 is 45.9 Å². The minimum absolute atomic E-state index is 0.220. The molecule has 47 heavy (non-hydrogen) atoms. The zero-order valence-corrected chi connectivity index (χ0v) is 30.8. The molecule has 258 valence electrons. The molecule has 0 bridgehead atoms. The number of carbonyl (C=O) groups excluding carboxylic acids is 2. The first-order chi connectivity index (χ1) is 23.0. The van der Waals surface area contributed by atoms with Crippen LogP contribution in [0.1, 0.15) is 163 Å². The van der Waals surface area contributed by atoms with Gasteiger partial charge < -0.3 is 11.5 Å². The Morgan fingerprint density at radius 2 is 0.915 bits per heavy atom. The average molecular weight is 678 g/mol. The van der Waals surface area contributed by atoms with E-state index >= 15 is 0 Å². The van der Waals surface area contributed by atoms with Crippen LogP contribution in [0.4, 0.5) is 11.4 Å². The molecule has 0 saturated heterocycles. The number of carbonyl (C=O) groups is 2. The number of nitrogen functional groups attached to an aromatic ring is 2. The Morgan fingerprint density at radius 1 is 0.553 bits per heavy atom. The molecule has 3 aromatic rings. The Balaban J connectivity index is 1.46. The van der Waals surface area contributed by atoms with E-state index in [-0.39, 0.29) is 11.8 Å². The molecule has 1 aromatic carbocycles. The summed E-state index contributed by atoms with van der Waals surface area (Å²) in [5.74, 6) is -0.139. The van der Waals surface area contributed by atoms with Crippen molar-refractivity contribution in [1.82, 2.24) is 4.90 Å². The lowest BCUT2D eigenvalue weighted by molar-refractivity contribution is 0.0622. The van der Waals surface area contributed by atoms with Gasteiger partial charge in [-0.3, -0.25) is 14.5 Å². The maximum Gasteiger partial charge on any atom is 0.262 e. The third-order valence-corrected chi connectivity index (χ3v) is 11.7. The number of amides is 2. The third kappa shape index (κ3) is 10.2. The zero-order valence-electron chi connectivity index (χ0n) is 29.1. The molecule has 0 spiro atoms. The summed E-state index contributed by atoms with van der Waals surface area (Å²) in [4.78, 5) is 31.9. The number of hydrogen-bond acceptors (Lipinski definition) is 6. The van der Waals surface area contributed by atoms with Crippen LogP contribution in [0, 0.1) is 5.92 Å². The molecule has 4 N–H and O–H groups in total. The first-order valence-electron chi connectivity index (χ1n) is 18.7. The van der Waals surface area contributed by atoms with E-state index in [4.69, 9.17) is 11.5 Å². The Bertz CT molecular complexity index is 1290. The summed E-state index contributed by atoms with van der Waals surface area (Å²) in [6, 6.07) is 7.80. The molecule has 0 radical (unpaired) electrons. The van der Waals surface area contributed by atoms with Crippen molar-refractivity contribution in [2.75, 3.05) is 18.0 Å². The molecule has 0 saturated carbocycles. The van der Waals surface area contributed by atoms with Crippen LogP contribution >= 0.6 is 22.7 Å². The molecule has 1 aliphatic heterocycles. The van der Waals surface area contributed by atoms with Crippen molar-refractivity contribution in [3.8, 4) is 20.9 Å². The summed E-state index contributed by atoms with van der Waals surface area (Å²) in [6.07, 6.45) is 25.4. The number of benzene rings is 1. The summed E-state index contributed by atoms with van der Waals surface area (Å²) >= 11 is 3.03. The molecule has 3 heterocycles. The smallest absolute Gasteiger partial charge is 0.262 e. The van der Waals surface area contributed by atoms with Crippen LogP contribution in [0.5, 0.6) is 0 Å². The fourth-order valence-electron chi connectivity index (χ4n) is 7.17. The molecule has 4 rings (SSSR count). The van der Waals surface area contributed by atoms with Gasteiger partial charge >= 0.3 is 0 Å². The van der Waals surface area contributed by atoms with Gasteiger partial charge in [-0.25, -0.2) is 0 Å². The maximum absolute atomic E-state index is 14.3. The SMILES string of the molecule is CCCCCCCCCCCCC(CCCCCCCCCC)CN1C(=O)c2c(c(-c3cccs3)c(N)c(N)c2-c2cccs2)C1=O. The first kappa shape index (κ1) is 37.2. The Labute approximate surface area is 292 Å². The van der Waals surface area contributed by atoms with Crippen molar-refractivity contribution in [3.63, 3.8) is 0 Å². The van der Waals surface area contributed by atoms with E-state index in [1.807, 2.05) is 35.0 Å². The molecule has 1 aliphatic rings. The number of unbranched alkanes of at least 4 members (excludes halogenated alkanes) is 16. The molecule has 0 fully saturated rings. The molecule has 0 aliphatic carbocycles. The van der Waals surface area contributed by atoms with Gasteiger partial charge in [0.15, 0.2) is 0 Å². The molecular weight excluding hydrogens is 619 g/mol. The predicted molar refractivity (Wildman–Crippen MR) is 204 cm³/mol. The normalized spacial score (nSPS) is 13.5. The Morgan fingerprint density at radius 3 is 1.26 bits per heavy atom. The second-order valence-corrected chi connectivity index (χ2v) is 15.5. The highest BCUT2D eigenvalue weighted by atomic mass is 32.1. The van der Waals surface area contributed by atoms with E-state index in [9.17, 15) is 9.59 Å². The number of nitrogens with zero attached hydrogens (tertiary/aromatic N) is 1. The number of nitrogens with two attached hydrogens (primary N) is 2. The van der Waals surface area contributed by atoms with Gasteiger partial charge in [0.25, 0.3) is 11.8 Å². The van der Waals surface area contributed by atoms with Gasteiger partial charge in [-0.15, -0.1) is 22.7 Å². The van der Waals surface area contributed by atoms with Crippen molar-refractivity contribution in [2.45, 2.75) is 142 Å². The molecular formula is C40H59N3O2S2. The number of hydrogen-bond donors (Lipinski definition) is 2. The van der Waals surface area contributed by atoms with Gasteiger partial charge in [-0.1, -0.05) is 142 Å². The van der Waals surface area contributed by atoms with E-state index in [1.54, 1.807) is 0 Å². The van der Waals surface area contributed by atoms with Gasteiger partial charge in [-0.2, -0.15) is 0 Å². The van der Waals surface area contributed by atoms with E-state index in [0.29, 0.717) is 46.1 Å². The maximum atomic E-state index is 14.3. The summed E-state index contributed by atoms with van der Waals surface area (Å²) in [6.45, 7) is 5.00. The van der Waals surface area contributed by atoms with Crippen LogP contribution in [0.3, 0.4) is 0 Å². The molecule has 1 atom stereocenters. The van der Waals surface area contributed by atoms with Crippen LogP contribution in [-0.2, 0) is 0 Å². The third-order valence-electron chi connectivity index (χ3n) is 9.90. The van der Waals surface area contributed by atoms with E-state index < -0.39 is 0 Å². The fourth-order valence-corrected chi connectivity index (χ4v) is 8.75. The van der Waals surface area contributed by atoms with Gasteiger partial charge in [0.2, 0.25) is 0 Å². The van der Waals surface area contributed by atoms with Crippen LogP contribution in [-0.4, -0.2) is 23.3 Å². The highest BCUT2D eigenvalue weighted by molar-refractivity contribution is 7.14. The van der Waals surface area contributed by atoms with Crippen LogP contribution in [0.25, 0.3) is 20.9 Å². The second-order valence-electron chi connectivity index (χ2n) is 13.6. The lowest BCUT2D eigenvalue weighted by Gasteiger charge is -2.23. The van der Waals surface area contributed by atoms with E-state index in [2.05, 4.69) is 13.8 Å². The minimum Gasteiger partial charge on any atom is -0.396 e. The molecule has 7 heteroatoms.